The van der Waals surface area contributed by atoms with Crippen molar-refractivity contribution >= 4 is 21.5 Å². The van der Waals surface area contributed by atoms with Crippen molar-refractivity contribution in [3.05, 3.63) is 16.7 Å². The molecule has 0 bridgehead atoms. The molecule has 0 radical (unpaired) electrons. The lowest BCUT2D eigenvalue weighted by Gasteiger charge is -2.18. The minimum atomic E-state index is -5.28. The number of hydrogen-bond acceptors (Lipinski definition) is 10. The molecule has 2 rings (SSSR count). The first-order valence-corrected chi connectivity index (χ1v) is 9.56. The van der Waals surface area contributed by atoms with E-state index in [2.05, 4.69) is 13.8 Å². The number of phosphoric ester groups is 1. The van der Waals surface area contributed by atoms with Gasteiger partial charge in [-0.15, -0.1) is 0 Å². The van der Waals surface area contributed by atoms with Gasteiger partial charge in [-0.3, -0.25) is 9.09 Å². The summed E-state index contributed by atoms with van der Waals surface area (Å²) in [6.07, 6.45) is -2.78. The molecular formula is C9H15N3O11P2. The predicted octanol–water partition coefficient (Wildman–Crippen LogP) is -1.59. The Kier molecular flexibility index (Phi) is 5.68. The van der Waals surface area contributed by atoms with Crippen molar-refractivity contribution in [1.29, 1.82) is 0 Å². The number of aromatic hydroxyl groups is 1. The van der Waals surface area contributed by atoms with Gasteiger partial charge in [-0.1, -0.05) is 0 Å². The van der Waals surface area contributed by atoms with Crippen molar-refractivity contribution in [3.8, 4) is 5.75 Å². The molecule has 0 amide bonds. The molecule has 14 nitrogen and oxygen atoms in total. The summed E-state index contributed by atoms with van der Waals surface area (Å²) in [5.41, 5.74) is 4.40. The maximum atomic E-state index is 11.7. The Hall–Kier alpha value is -1.34. The molecule has 0 aliphatic carbocycles. The molecule has 142 valence electrons. The van der Waals surface area contributed by atoms with Crippen LogP contribution in [0.4, 0.5) is 5.82 Å². The first kappa shape index (κ1) is 20.0. The van der Waals surface area contributed by atoms with Crippen molar-refractivity contribution in [2.75, 3.05) is 12.3 Å². The fourth-order valence-corrected chi connectivity index (χ4v) is 3.64. The van der Waals surface area contributed by atoms with E-state index in [9.17, 15) is 24.1 Å². The summed E-state index contributed by atoms with van der Waals surface area (Å²) >= 11 is 0. The van der Waals surface area contributed by atoms with Crippen LogP contribution in [0.25, 0.3) is 0 Å². The second-order valence-corrected chi connectivity index (χ2v) is 7.80. The third kappa shape index (κ3) is 5.31. The number of nitrogens with zero attached hydrogens (tertiary/aromatic N) is 2. The number of aromatic nitrogens is 2. The zero-order valence-electron chi connectivity index (χ0n) is 12.3. The monoisotopic (exact) mass is 403 g/mol. The maximum absolute atomic E-state index is 11.7. The highest BCUT2D eigenvalue weighted by atomic mass is 31.3. The topological polar surface area (TPSA) is 224 Å². The van der Waals surface area contributed by atoms with Gasteiger partial charge < -0.3 is 35.4 Å². The molecule has 0 aromatic carbocycles. The Bertz CT molecular complexity index is 791. The molecule has 1 aromatic rings. The number of rotatable bonds is 6. The Labute approximate surface area is 139 Å². The molecule has 1 aliphatic heterocycles. The summed E-state index contributed by atoms with van der Waals surface area (Å²) in [5.74, 6) is -0.886. The van der Waals surface area contributed by atoms with E-state index < -0.39 is 57.9 Å². The van der Waals surface area contributed by atoms with E-state index in [-0.39, 0.29) is 6.42 Å². The quantitative estimate of drug-likeness (QED) is 0.295. The molecule has 1 aliphatic rings. The Balaban J connectivity index is 2.05. The van der Waals surface area contributed by atoms with E-state index in [0.29, 0.717) is 0 Å². The van der Waals surface area contributed by atoms with Crippen LogP contribution in [0.5, 0.6) is 5.75 Å². The second-order valence-electron chi connectivity index (χ2n) is 4.97. The highest BCUT2D eigenvalue weighted by molar-refractivity contribution is 7.60. The lowest BCUT2D eigenvalue weighted by atomic mass is 10.2. The number of nitrogens with two attached hydrogens (primary N) is 1. The van der Waals surface area contributed by atoms with Crippen LogP contribution in [0.1, 0.15) is 12.6 Å². The molecule has 25 heavy (non-hydrogen) atoms. The van der Waals surface area contributed by atoms with Crippen molar-refractivity contribution in [2.24, 2.45) is 0 Å². The van der Waals surface area contributed by atoms with Crippen LogP contribution in [0.15, 0.2) is 11.0 Å². The van der Waals surface area contributed by atoms with E-state index in [1.54, 1.807) is 0 Å². The van der Waals surface area contributed by atoms with Crippen LogP contribution in [0.2, 0.25) is 0 Å². The third-order valence-corrected chi connectivity index (χ3v) is 5.24. The van der Waals surface area contributed by atoms with Gasteiger partial charge in [0.1, 0.15) is 12.3 Å². The lowest BCUT2D eigenvalue weighted by molar-refractivity contribution is -0.0451. The van der Waals surface area contributed by atoms with E-state index in [1.165, 1.54) is 0 Å². The normalized spacial score (nSPS) is 26.5. The van der Waals surface area contributed by atoms with Gasteiger partial charge in [0, 0.05) is 6.42 Å². The lowest BCUT2D eigenvalue weighted by Crippen LogP contribution is -2.28. The van der Waals surface area contributed by atoms with Gasteiger partial charge in [0.25, 0.3) is 0 Å². The number of aliphatic hydroxyl groups excluding tert-OH is 1. The first-order valence-electron chi connectivity index (χ1n) is 6.53. The number of hydrogen-bond donors (Lipinski definition) is 6. The summed E-state index contributed by atoms with van der Waals surface area (Å²) < 4.78 is 36.0. The van der Waals surface area contributed by atoms with Gasteiger partial charge in [-0.05, 0) is 0 Å². The van der Waals surface area contributed by atoms with Crippen LogP contribution >= 0.6 is 15.6 Å². The van der Waals surface area contributed by atoms with Gasteiger partial charge in [-0.25, -0.2) is 13.9 Å². The minimum Gasteiger partial charge on any atom is -0.503 e. The predicted molar refractivity (Wildman–Crippen MR) is 78.0 cm³/mol. The number of phosphoric acid groups is 2. The van der Waals surface area contributed by atoms with Crippen LogP contribution in [0.3, 0.4) is 0 Å². The zero-order valence-corrected chi connectivity index (χ0v) is 14.1. The van der Waals surface area contributed by atoms with E-state index in [4.69, 9.17) is 25.2 Å². The summed E-state index contributed by atoms with van der Waals surface area (Å²) in [7, 11) is -10.4. The molecule has 2 heterocycles. The molecule has 0 spiro atoms. The second kappa shape index (κ2) is 7.11. The van der Waals surface area contributed by atoms with Gasteiger partial charge in [0.05, 0.1) is 18.9 Å². The minimum absolute atomic E-state index is 0.159. The SMILES string of the molecule is Nc1nc(=O)n([C@H]2C[C@H](O)[C@@H](COP(=O)(O)OP(=O)(O)O)O2)cc1O. The molecule has 1 unspecified atom stereocenters. The van der Waals surface area contributed by atoms with Crippen molar-refractivity contribution in [1.82, 2.24) is 9.55 Å². The first-order chi connectivity index (χ1) is 11.4. The molecule has 1 aromatic heterocycles. The molecule has 16 heteroatoms. The number of nitrogen functional groups attached to an aromatic ring is 1. The molecule has 7 N–H and O–H groups in total. The fraction of sp³-hybridized carbons (Fsp3) is 0.556. The number of anilines is 1. The highest BCUT2D eigenvalue weighted by Gasteiger charge is 2.39. The van der Waals surface area contributed by atoms with Crippen LogP contribution in [-0.4, -0.2) is 53.3 Å². The molecule has 1 saturated heterocycles. The maximum Gasteiger partial charge on any atom is 0.481 e. The van der Waals surface area contributed by atoms with Gasteiger partial charge in [0.2, 0.25) is 0 Å². The van der Waals surface area contributed by atoms with E-state index in [0.717, 1.165) is 10.8 Å². The fourth-order valence-electron chi connectivity index (χ4n) is 2.04. The van der Waals surface area contributed by atoms with Crippen LogP contribution in [-0.2, 0) is 22.7 Å². The summed E-state index contributed by atoms with van der Waals surface area (Å²) in [5, 5.41) is 19.4. The average molecular weight is 403 g/mol. The van der Waals surface area contributed by atoms with Gasteiger partial charge >= 0.3 is 21.3 Å². The van der Waals surface area contributed by atoms with Crippen molar-refractivity contribution < 1.29 is 47.6 Å². The molecule has 4 atom stereocenters. The standard InChI is InChI=1S/C9H15N3O11P2/c10-8-5(14)2-12(9(15)11-8)7-1-4(13)6(22-7)3-21-25(19,20)23-24(16,17)18/h2,4,6-7,13-14H,1,3H2,(H,19,20)(H2,10,11,15)(H2,16,17,18)/t4-,6+,7+/m0/s1. The Morgan fingerprint density at radius 2 is 2.04 bits per heavy atom. The smallest absolute Gasteiger partial charge is 0.481 e. The highest BCUT2D eigenvalue weighted by Crippen LogP contribution is 2.57. The Morgan fingerprint density at radius 3 is 2.64 bits per heavy atom. The van der Waals surface area contributed by atoms with Crippen LogP contribution in [0, 0.1) is 0 Å². The van der Waals surface area contributed by atoms with E-state index >= 15 is 0 Å². The van der Waals surface area contributed by atoms with Crippen molar-refractivity contribution in [3.63, 3.8) is 0 Å². The summed E-state index contributed by atoms with van der Waals surface area (Å²) in [6.45, 7) is -0.769. The third-order valence-electron chi connectivity index (χ3n) is 3.09. The molecule has 1 fully saturated rings. The molecular weight excluding hydrogens is 388 g/mol. The number of ether oxygens (including phenoxy) is 1. The van der Waals surface area contributed by atoms with Crippen LogP contribution < -0.4 is 11.4 Å². The summed E-state index contributed by atoms with van der Waals surface area (Å²) in [4.78, 5) is 41.2. The van der Waals surface area contributed by atoms with Crippen molar-refractivity contribution in [2.45, 2.75) is 24.9 Å². The average Bonchev–Trinajstić information content (AvgIpc) is 2.79. The van der Waals surface area contributed by atoms with E-state index in [1.807, 2.05) is 0 Å². The zero-order chi connectivity index (χ0) is 19.0. The van der Waals surface area contributed by atoms with Gasteiger partial charge in [-0.2, -0.15) is 9.29 Å². The Morgan fingerprint density at radius 1 is 1.40 bits per heavy atom. The van der Waals surface area contributed by atoms with Gasteiger partial charge in [0.15, 0.2) is 11.6 Å². The largest absolute Gasteiger partial charge is 0.503 e. The summed E-state index contributed by atoms with van der Waals surface area (Å²) in [6, 6.07) is 0. The molecule has 0 saturated carbocycles. The number of aliphatic hydroxyl groups is 1.